The van der Waals surface area contributed by atoms with Gasteiger partial charge in [-0.15, -0.1) is 0 Å². The van der Waals surface area contributed by atoms with Gasteiger partial charge in [-0.05, 0) is 18.2 Å². The number of methoxy groups -OCH3 is 1. The van der Waals surface area contributed by atoms with Crippen molar-refractivity contribution in [3.8, 4) is 5.75 Å². The van der Waals surface area contributed by atoms with Crippen molar-refractivity contribution in [3.05, 3.63) is 29.6 Å². The average Bonchev–Trinajstić information content (AvgIpc) is 2.04. The standard InChI is InChI=1S/C8H8FNO2/c1-12-7-3-2-5(9)4-6(7)8(10)11/h2-4H,1H3,(H2,10,11). The van der Waals surface area contributed by atoms with Crippen LogP contribution in [-0.2, 0) is 0 Å². The molecule has 64 valence electrons. The number of carbonyl (C=O) groups excluding carboxylic acids is 1. The zero-order valence-corrected chi connectivity index (χ0v) is 6.50. The summed E-state index contributed by atoms with van der Waals surface area (Å²) in [6.45, 7) is 0. The van der Waals surface area contributed by atoms with Gasteiger partial charge in [0.15, 0.2) is 0 Å². The highest BCUT2D eigenvalue weighted by molar-refractivity contribution is 5.95. The molecule has 0 aliphatic rings. The molecule has 12 heavy (non-hydrogen) atoms. The lowest BCUT2D eigenvalue weighted by Crippen LogP contribution is -2.12. The Morgan fingerprint density at radius 1 is 1.58 bits per heavy atom. The molecule has 1 aromatic carbocycles. The number of benzene rings is 1. The van der Waals surface area contributed by atoms with Gasteiger partial charge in [-0.3, -0.25) is 4.79 Å². The summed E-state index contributed by atoms with van der Waals surface area (Å²) >= 11 is 0. The molecule has 0 spiro atoms. The van der Waals surface area contributed by atoms with Crippen molar-refractivity contribution < 1.29 is 13.9 Å². The number of nitrogens with two attached hydrogens (primary N) is 1. The summed E-state index contributed by atoms with van der Waals surface area (Å²) in [5.41, 5.74) is 5.03. The lowest BCUT2D eigenvalue weighted by molar-refractivity contribution is 0.0997. The minimum atomic E-state index is -0.702. The van der Waals surface area contributed by atoms with Crippen LogP contribution in [0.25, 0.3) is 0 Å². The van der Waals surface area contributed by atoms with Crippen molar-refractivity contribution in [1.82, 2.24) is 0 Å². The Labute approximate surface area is 68.9 Å². The molecular formula is C8H8FNO2. The van der Waals surface area contributed by atoms with Crippen LogP contribution in [0.1, 0.15) is 10.4 Å². The molecule has 0 atom stereocenters. The van der Waals surface area contributed by atoms with Crippen molar-refractivity contribution in [3.63, 3.8) is 0 Å². The first kappa shape index (κ1) is 8.52. The molecule has 0 radical (unpaired) electrons. The van der Waals surface area contributed by atoms with Gasteiger partial charge in [-0.2, -0.15) is 0 Å². The SMILES string of the molecule is COc1ccc(F)cc1C(N)=O. The van der Waals surface area contributed by atoms with Gasteiger partial charge in [0, 0.05) is 0 Å². The zero-order chi connectivity index (χ0) is 9.14. The second-order valence-electron chi connectivity index (χ2n) is 2.21. The van der Waals surface area contributed by atoms with E-state index < -0.39 is 11.7 Å². The van der Waals surface area contributed by atoms with Crippen LogP contribution in [0.2, 0.25) is 0 Å². The van der Waals surface area contributed by atoms with E-state index in [1.165, 1.54) is 19.2 Å². The maximum atomic E-state index is 12.6. The third-order valence-corrected chi connectivity index (χ3v) is 1.43. The van der Waals surface area contributed by atoms with Crippen LogP contribution in [-0.4, -0.2) is 13.0 Å². The minimum absolute atomic E-state index is 0.0532. The fraction of sp³-hybridized carbons (Fsp3) is 0.125. The maximum absolute atomic E-state index is 12.6. The van der Waals surface area contributed by atoms with Gasteiger partial charge in [0.05, 0.1) is 12.7 Å². The minimum Gasteiger partial charge on any atom is -0.496 e. The molecule has 4 heteroatoms. The van der Waals surface area contributed by atoms with E-state index in [4.69, 9.17) is 10.5 Å². The second-order valence-corrected chi connectivity index (χ2v) is 2.21. The Kier molecular flexibility index (Phi) is 2.28. The molecule has 0 aliphatic carbocycles. The van der Waals surface area contributed by atoms with Crippen molar-refractivity contribution in [2.75, 3.05) is 7.11 Å². The van der Waals surface area contributed by atoms with Crippen LogP contribution in [0, 0.1) is 5.82 Å². The van der Waals surface area contributed by atoms with Crippen LogP contribution >= 0.6 is 0 Å². The van der Waals surface area contributed by atoms with Crippen molar-refractivity contribution in [2.24, 2.45) is 5.73 Å². The molecule has 1 rings (SSSR count). The Hall–Kier alpha value is -1.58. The molecule has 1 amide bonds. The number of primary amides is 1. The molecule has 1 aromatic rings. The number of hydrogen-bond acceptors (Lipinski definition) is 2. The van der Waals surface area contributed by atoms with Gasteiger partial charge in [0.1, 0.15) is 11.6 Å². The molecule has 0 saturated carbocycles. The normalized spacial score (nSPS) is 9.50. The highest BCUT2D eigenvalue weighted by Gasteiger charge is 2.08. The number of carbonyl (C=O) groups is 1. The van der Waals surface area contributed by atoms with E-state index in [-0.39, 0.29) is 11.3 Å². The summed E-state index contributed by atoms with van der Waals surface area (Å²) in [6, 6.07) is 3.60. The molecule has 0 saturated heterocycles. The molecule has 2 N–H and O–H groups in total. The molecule has 3 nitrogen and oxygen atoms in total. The zero-order valence-electron chi connectivity index (χ0n) is 6.50. The monoisotopic (exact) mass is 169 g/mol. The predicted octanol–water partition coefficient (Wildman–Crippen LogP) is 0.933. The average molecular weight is 169 g/mol. The van der Waals surface area contributed by atoms with E-state index in [1.54, 1.807) is 0 Å². The van der Waals surface area contributed by atoms with E-state index in [2.05, 4.69) is 0 Å². The van der Waals surface area contributed by atoms with E-state index in [0.717, 1.165) is 6.07 Å². The molecule has 0 unspecified atom stereocenters. The number of hydrogen-bond donors (Lipinski definition) is 1. The first-order chi connectivity index (χ1) is 5.65. The van der Waals surface area contributed by atoms with Crippen LogP contribution in [0.15, 0.2) is 18.2 Å². The summed E-state index contributed by atoms with van der Waals surface area (Å²) < 4.78 is 17.4. The number of halogens is 1. The van der Waals surface area contributed by atoms with Crippen LogP contribution < -0.4 is 10.5 Å². The highest BCUT2D eigenvalue weighted by atomic mass is 19.1. The summed E-state index contributed by atoms with van der Waals surface area (Å²) in [5, 5.41) is 0. The van der Waals surface area contributed by atoms with Crippen molar-refractivity contribution in [2.45, 2.75) is 0 Å². The summed E-state index contributed by atoms with van der Waals surface area (Å²) in [7, 11) is 1.39. The summed E-state index contributed by atoms with van der Waals surface area (Å²) in [6.07, 6.45) is 0. The summed E-state index contributed by atoms with van der Waals surface area (Å²) in [5.74, 6) is -0.931. The van der Waals surface area contributed by atoms with Gasteiger partial charge >= 0.3 is 0 Å². The molecule has 0 aromatic heterocycles. The Morgan fingerprint density at radius 3 is 2.75 bits per heavy atom. The number of rotatable bonds is 2. The maximum Gasteiger partial charge on any atom is 0.252 e. The predicted molar refractivity (Wildman–Crippen MR) is 41.5 cm³/mol. The topological polar surface area (TPSA) is 52.3 Å². The third-order valence-electron chi connectivity index (χ3n) is 1.43. The van der Waals surface area contributed by atoms with Gasteiger partial charge < -0.3 is 10.5 Å². The smallest absolute Gasteiger partial charge is 0.252 e. The summed E-state index contributed by atoms with van der Waals surface area (Å²) in [4.78, 5) is 10.7. The van der Waals surface area contributed by atoms with E-state index >= 15 is 0 Å². The van der Waals surface area contributed by atoms with Gasteiger partial charge in [-0.1, -0.05) is 0 Å². The first-order valence-corrected chi connectivity index (χ1v) is 3.28. The molecule has 0 aliphatic heterocycles. The van der Waals surface area contributed by atoms with Crippen LogP contribution in [0.3, 0.4) is 0 Å². The molecular weight excluding hydrogens is 161 g/mol. The lowest BCUT2D eigenvalue weighted by atomic mass is 10.2. The largest absolute Gasteiger partial charge is 0.496 e. The fourth-order valence-corrected chi connectivity index (χ4v) is 0.873. The molecule has 0 bridgehead atoms. The van der Waals surface area contributed by atoms with Crippen molar-refractivity contribution in [1.29, 1.82) is 0 Å². The third kappa shape index (κ3) is 1.53. The highest BCUT2D eigenvalue weighted by Crippen LogP contribution is 2.18. The number of ether oxygens (including phenoxy) is 1. The van der Waals surface area contributed by atoms with Gasteiger partial charge in [0.2, 0.25) is 0 Å². The Balaban J connectivity index is 3.21. The molecule has 0 heterocycles. The lowest BCUT2D eigenvalue weighted by Gasteiger charge is -2.03. The number of amides is 1. The van der Waals surface area contributed by atoms with E-state index in [9.17, 15) is 9.18 Å². The second kappa shape index (κ2) is 3.21. The Morgan fingerprint density at radius 2 is 2.25 bits per heavy atom. The van der Waals surface area contributed by atoms with Crippen molar-refractivity contribution >= 4 is 5.91 Å². The van der Waals surface area contributed by atoms with Crippen LogP contribution in [0.5, 0.6) is 5.75 Å². The molecule has 0 fully saturated rings. The van der Waals surface area contributed by atoms with Gasteiger partial charge in [-0.25, -0.2) is 4.39 Å². The van der Waals surface area contributed by atoms with Crippen LogP contribution in [0.4, 0.5) is 4.39 Å². The first-order valence-electron chi connectivity index (χ1n) is 3.28. The Bertz CT molecular complexity index is 312. The van der Waals surface area contributed by atoms with E-state index in [0.29, 0.717) is 0 Å². The quantitative estimate of drug-likeness (QED) is 0.716. The fourth-order valence-electron chi connectivity index (χ4n) is 0.873. The van der Waals surface area contributed by atoms with E-state index in [1.807, 2.05) is 0 Å². The van der Waals surface area contributed by atoms with Gasteiger partial charge in [0.25, 0.3) is 5.91 Å².